The van der Waals surface area contributed by atoms with Crippen molar-refractivity contribution in [3.05, 3.63) is 65.5 Å². The minimum absolute atomic E-state index is 0.0120. The Morgan fingerprint density at radius 1 is 1.11 bits per heavy atom. The van der Waals surface area contributed by atoms with Gasteiger partial charge in [0, 0.05) is 24.2 Å². The van der Waals surface area contributed by atoms with Crippen LogP contribution in [0, 0.1) is 19.8 Å². The molecular weight excluding hydrogens is 442 g/mol. The zero-order valence-corrected chi connectivity index (χ0v) is 20.3. The molecule has 0 unspecified atom stereocenters. The van der Waals surface area contributed by atoms with E-state index in [2.05, 4.69) is 25.0 Å². The number of hydrogen-bond donors (Lipinski definition) is 0. The molecule has 1 aliphatic heterocycles. The highest BCUT2D eigenvalue weighted by molar-refractivity contribution is 5.96. The number of aromatic nitrogens is 2. The highest BCUT2D eigenvalue weighted by atomic mass is 16.7. The van der Waals surface area contributed by atoms with Gasteiger partial charge in [-0.2, -0.15) is 0 Å². The summed E-state index contributed by atoms with van der Waals surface area (Å²) in [6, 6.07) is 12.1. The molecule has 0 atom stereocenters. The second kappa shape index (κ2) is 9.94. The number of nitrogens with zero attached hydrogens (tertiary/aromatic N) is 3. The zero-order valence-electron chi connectivity index (χ0n) is 20.3. The predicted octanol–water partition coefficient (Wildman–Crippen LogP) is 4.67. The van der Waals surface area contributed by atoms with E-state index in [0.29, 0.717) is 26.0 Å². The smallest absolute Gasteiger partial charge is 0.337 e. The van der Waals surface area contributed by atoms with E-state index in [1.54, 1.807) is 12.4 Å². The Kier molecular flexibility index (Phi) is 6.57. The van der Waals surface area contributed by atoms with Gasteiger partial charge in [0.2, 0.25) is 5.91 Å². The highest BCUT2D eigenvalue weighted by Crippen LogP contribution is 2.36. The number of anilines is 1. The van der Waals surface area contributed by atoms with Gasteiger partial charge in [0.05, 0.1) is 24.9 Å². The van der Waals surface area contributed by atoms with Crippen molar-refractivity contribution < 1.29 is 19.2 Å². The number of carbonyl (C=O) groups is 2. The van der Waals surface area contributed by atoms with E-state index < -0.39 is 0 Å². The van der Waals surface area contributed by atoms with E-state index in [1.807, 2.05) is 35.2 Å². The molecule has 1 amide bonds. The van der Waals surface area contributed by atoms with Crippen molar-refractivity contribution in [2.24, 2.45) is 5.92 Å². The lowest BCUT2D eigenvalue weighted by molar-refractivity contribution is -0.147. The van der Waals surface area contributed by atoms with Crippen LogP contribution in [0.3, 0.4) is 0 Å². The fourth-order valence-electron chi connectivity index (χ4n) is 4.55. The molecule has 0 spiro atoms. The molecule has 0 saturated heterocycles. The van der Waals surface area contributed by atoms with Crippen molar-refractivity contribution in [1.29, 1.82) is 0 Å². The van der Waals surface area contributed by atoms with Crippen molar-refractivity contribution in [3.8, 4) is 16.9 Å². The number of benzene rings is 2. The summed E-state index contributed by atoms with van der Waals surface area (Å²) in [5.74, 6) is 0.779. The lowest BCUT2D eigenvalue weighted by Crippen LogP contribution is -2.35. The Morgan fingerprint density at radius 2 is 1.94 bits per heavy atom. The average molecular weight is 474 g/mol. The molecular formula is C28H31N3O4. The second-order valence-corrected chi connectivity index (χ2v) is 9.42. The molecule has 5 rings (SSSR count). The summed E-state index contributed by atoms with van der Waals surface area (Å²) in [5.41, 5.74) is 6.32. The van der Waals surface area contributed by atoms with Crippen LogP contribution in [-0.4, -0.2) is 35.0 Å². The lowest BCUT2D eigenvalue weighted by atomic mass is 9.93. The molecule has 2 heterocycles. The van der Waals surface area contributed by atoms with Crippen molar-refractivity contribution in [1.82, 2.24) is 9.94 Å². The van der Waals surface area contributed by atoms with E-state index in [4.69, 9.17) is 9.57 Å². The second-order valence-electron chi connectivity index (χ2n) is 9.42. The van der Waals surface area contributed by atoms with Crippen LogP contribution in [0.15, 0.2) is 48.8 Å². The Labute approximate surface area is 205 Å². The molecule has 0 radical (unpaired) electrons. The maximum Gasteiger partial charge on any atom is 0.337 e. The van der Waals surface area contributed by atoms with Crippen molar-refractivity contribution >= 4 is 17.6 Å². The third-order valence-electron chi connectivity index (χ3n) is 6.86. The fraction of sp³-hybridized carbons (Fsp3) is 0.393. The predicted molar refractivity (Wildman–Crippen MR) is 133 cm³/mol. The van der Waals surface area contributed by atoms with Crippen molar-refractivity contribution in [2.75, 3.05) is 18.1 Å². The van der Waals surface area contributed by atoms with Crippen LogP contribution in [-0.2, 0) is 16.0 Å². The molecule has 7 nitrogen and oxygen atoms in total. The Balaban J connectivity index is 1.24. The summed E-state index contributed by atoms with van der Waals surface area (Å²) in [6.45, 7) is 5.35. The maximum absolute atomic E-state index is 13.1. The van der Waals surface area contributed by atoms with E-state index >= 15 is 0 Å². The molecule has 1 saturated carbocycles. The first kappa shape index (κ1) is 23.1. The van der Waals surface area contributed by atoms with Gasteiger partial charge in [-0.1, -0.05) is 29.1 Å². The Hall–Kier alpha value is -3.61. The van der Waals surface area contributed by atoms with Gasteiger partial charge in [0.25, 0.3) is 0 Å². The van der Waals surface area contributed by atoms with E-state index in [1.165, 1.54) is 10.4 Å². The van der Waals surface area contributed by atoms with Gasteiger partial charge in [-0.15, -0.1) is 5.10 Å². The lowest BCUT2D eigenvalue weighted by Gasteiger charge is -2.31. The van der Waals surface area contributed by atoms with Crippen LogP contribution in [0.1, 0.15) is 48.8 Å². The van der Waals surface area contributed by atoms with Gasteiger partial charge in [-0.25, -0.2) is 4.79 Å². The molecule has 1 aliphatic carbocycles. The fourth-order valence-corrected chi connectivity index (χ4v) is 4.55. The monoisotopic (exact) mass is 473 g/mol. The summed E-state index contributed by atoms with van der Waals surface area (Å²) in [7, 11) is 0. The van der Waals surface area contributed by atoms with Crippen LogP contribution < -0.4 is 14.5 Å². The molecule has 0 bridgehead atoms. The van der Waals surface area contributed by atoms with E-state index in [9.17, 15) is 9.59 Å². The molecule has 2 aromatic carbocycles. The quantitative estimate of drug-likeness (QED) is 0.445. The van der Waals surface area contributed by atoms with Crippen LogP contribution in [0.5, 0.6) is 5.75 Å². The number of aryl methyl sites for hydroxylation is 1. The number of ether oxygens (including phenoxy) is 1. The van der Waals surface area contributed by atoms with Crippen molar-refractivity contribution in [2.45, 2.75) is 52.4 Å². The summed E-state index contributed by atoms with van der Waals surface area (Å²) < 4.78 is 5.93. The van der Waals surface area contributed by atoms with Gasteiger partial charge in [0.15, 0.2) is 0 Å². The molecule has 182 valence electrons. The Bertz CT molecular complexity index is 1240. The average Bonchev–Trinajstić information content (AvgIpc) is 3.62. The molecule has 35 heavy (non-hydrogen) atoms. The Morgan fingerprint density at radius 3 is 2.77 bits per heavy atom. The van der Waals surface area contributed by atoms with Crippen molar-refractivity contribution in [3.63, 3.8) is 0 Å². The molecule has 0 N–H and O–H groups in total. The zero-order chi connectivity index (χ0) is 24.4. The van der Waals surface area contributed by atoms with Gasteiger partial charge in [0.1, 0.15) is 5.75 Å². The number of carbonyl (C=O) groups excluding carboxylic acids is 2. The summed E-state index contributed by atoms with van der Waals surface area (Å²) in [6.07, 6.45) is 8.11. The van der Waals surface area contributed by atoms with Gasteiger partial charge in [-0.05, 0) is 80.3 Å². The van der Waals surface area contributed by atoms with E-state index in [0.717, 1.165) is 59.4 Å². The summed E-state index contributed by atoms with van der Waals surface area (Å²) in [5, 5.41) is 4.21. The topological polar surface area (TPSA) is 73.7 Å². The molecule has 1 fully saturated rings. The minimum atomic E-state index is -0.229. The minimum Gasteiger partial charge on any atom is -0.493 e. The van der Waals surface area contributed by atoms with Gasteiger partial charge < -0.3 is 14.5 Å². The van der Waals surface area contributed by atoms with Gasteiger partial charge >= 0.3 is 5.97 Å². The maximum atomic E-state index is 13.1. The molecule has 3 aromatic rings. The van der Waals surface area contributed by atoms with Crippen LogP contribution in [0.25, 0.3) is 11.1 Å². The highest BCUT2D eigenvalue weighted by Gasteiger charge is 2.32. The van der Waals surface area contributed by atoms with Crippen LogP contribution in [0.4, 0.5) is 5.69 Å². The summed E-state index contributed by atoms with van der Waals surface area (Å²) in [4.78, 5) is 33.6. The van der Waals surface area contributed by atoms with Crippen LogP contribution in [0.2, 0.25) is 0 Å². The molecule has 1 aromatic heterocycles. The third-order valence-corrected chi connectivity index (χ3v) is 6.86. The number of amides is 1. The number of hydrogen-bond acceptors (Lipinski definition) is 5. The van der Waals surface area contributed by atoms with Gasteiger partial charge in [-0.3, -0.25) is 4.79 Å². The van der Waals surface area contributed by atoms with E-state index in [-0.39, 0.29) is 17.8 Å². The standard InChI is InChI=1S/C28H31N3O4/c1-19-7-3-11-26(20(19)2)34-16-6-12-27(32)30-15-5-9-24-23(8-4-10-25(24)30)22-17-29-31(18-22)35-28(33)21-13-14-21/h3-4,7-8,10-11,17-18,21H,5-6,9,12-16H2,1-2H3. The third kappa shape index (κ3) is 5.09. The van der Waals surface area contributed by atoms with Crippen LogP contribution >= 0.6 is 0 Å². The number of fused-ring (bicyclic) bond motifs is 1. The first-order chi connectivity index (χ1) is 17.0. The first-order valence-electron chi connectivity index (χ1n) is 12.4. The molecule has 2 aliphatic rings. The molecule has 7 heteroatoms. The normalized spacial score (nSPS) is 15.0. The number of rotatable bonds is 8. The largest absolute Gasteiger partial charge is 0.493 e. The summed E-state index contributed by atoms with van der Waals surface area (Å²) >= 11 is 0. The SMILES string of the molecule is Cc1cccc(OCCCC(=O)N2CCCc3c(-c4cnn(OC(=O)C5CC5)c4)cccc32)c1C. The first-order valence-corrected chi connectivity index (χ1v) is 12.4.